The highest BCUT2D eigenvalue weighted by molar-refractivity contribution is 7.13. The van der Waals surface area contributed by atoms with Crippen molar-refractivity contribution in [2.45, 2.75) is 13.5 Å². The van der Waals surface area contributed by atoms with Crippen LogP contribution in [0.15, 0.2) is 54.0 Å². The number of likely N-dealkylation sites (N-methyl/N-ethyl adjacent to an activating group) is 1. The molecule has 0 saturated carbocycles. The minimum Gasteiger partial charge on any atom is -0.355 e. The summed E-state index contributed by atoms with van der Waals surface area (Å²) in [5.74, 6) is 1.18. The third-order valence-electron chi connectivity index (χ3n) is 5.97. The maximum atomic E-state index is 14.0. The summed E-state index contributed by atoms with van der Waals surface area (Å²) in [6.45, 7) is 3.89. The fourth-order valence-electron chi connectivity index (χ4n) is 4.23. The smallest absolute Gasteiger partial charge is 0.260 e. The Morgan fingerprint density at radius 2 is 1.82 bits per heavy atom. The van der Waals surface area contributed by atoms with Crippen molar-refractivity contribution in [3.63, 3.8) is 0 Å². The molecule has 8 nitrogen and oxygen atoms in total. The van der Waals surface area contributed by atoms with Gasteiger partial charge in [0.1, 0.15) is 0 Å². The lowest BCUT2D eigenvalue weighted by Gasteiger charge is -2.33. The van der Waals surface area contributed by atoms with Crippen molar-refractivity contribution < 1.29 is 4.79 Å². The normalized spacial score (nSPS) is 13.6. The summed E-state index contributed by atoms with van der Waals surface area (Å²) in [6.07, 6.45) is 1.74. The lowest BCUT2D eigenvalue weighted by atomic mass is 10.1. The third-order valence-corrected chi connectivity index (χ3v) is 6.86. The van der Waals surface area contributed by atoms with Crippen molar-refractivity contribution in [2.75, 3.05) is 29.9 Å². The highest BCUT2D eigenvalue weighted by Gasteiger charge is 2.31. The predicted molar refractivity (Wildman–Crippen MR) is 131 cm³/mol. The van der Waals surface area contributed by atoms with Crippen molar-refractivity contribution in [3.8, 4) is 10.6 Å². The Bertz CT molecular complexity index is 1510. The minimum atomic E-state index is -0.116. The Kier molecular flexibility index (Phi) is 4.58. The molecular weight excluding hydrogens is 434 g/mol. The molecule has 9 heteroatoms. The van der Waals surface area contributed by atoms with Gasteiger partial charge in [-0.3, -0.25) is 9.69 Å². The largest absolute Gasteiger partial charge is 0.355 e. The van der Waals surface area contributed by atoms with Crippen LogP contribution in [0.4, 0.5) is 11.6 Å². The summed E-state index contributed by atoms with van der Waals surface area (Å²) in [5, 5.41) is 7.23. The van der Waals surface area contributed by atoms with Gasteiger partial charge < -0.3 is 4.90 Å². The lowest BCUT2D eigenvalue weighted by Crippen LogP contribution is -2.43. The van der Waals surface area contributed by atoms with E-state index in [-0.39, 0.29) is 5.91 Å². The first-order chi connectivity index (χ1) is 16.1. The van der Waals surface area contributed by atoms with Gasteiger partial charge in [-0.15, -0.1) is 11.3 Å². The number of hydrogen-bond acceptors (Lipinski definition) is 7. The second-order valence-corrected chi connectivity index (χ2v) is 8.92. The number of anilines is 2. The second kappa shape index (κ2) is 7.63. The van der Waals surface area contributed by atoms with Crippen molar-refractivity contribution in [3.05, 3.63) is 59.6 Å². The number of nitrogens with zero attached hydrogens (tertiary/aromatic N) is 7. The van der Waals surface area contributed by atoms with Crippen LogP contribution in [0.5, 0.6) is 0 Å². The topological polar surface area (TPSA) is 80.0 Å². The molecule has 0 radical (unpaired) electrons. The van der Waals surface area contributed by atoms with Gasteiger partial charge in [0, 0.05) is 26.7 Å². The zero-order chi connectivity index (χ0) is 22.5. The molecule has 0 atom stereocenters. The monoisotopic (exact) mass is 455 g/mol. The molecule has 0 fully saturated rings. The van der Waals surface area contributed by atoms with Crippen molar-refractivity contribution in [1.82, 2.24) is 24.7 Å². The first-order valence-electron chi connectivity index (χ1n) is 10.8. The molecule has 1 aliphatic rings. The Labute approximate surface area is 194 Å². The van der Waals surface area contributed by atoms with Crippen LogP contribution in [0.3, 0.4) is 0 Å². The van der Waals surface area contributed by atoms with Gasteiger partial charge in [-0.1, -0.05) is 18.2 Å². The number of aromatic nitrogens is 5. The molecule has 0 saturated heterocycles. The molecule has 1 amide bonds. The van der Waals surface area contributed by atoms with Crippen LogP contribution >= 0.6 is 11.3 Å². The van der Waals surface area contributed by atoms with Gasteiger partial charge >= 0.3 is 0 Å². The SMILES string of the molecule is CCn1ncc2c(C(=O)N3CCN(C)c4nc5ccccc5nc43)cc(-c3cccs3)nc21. The average Bonchev–Trinajstić information content (AvgIpc) is 3.52. The van der Waals surface area contributed by atoms with E-state index in [9.17, 15) is 4.79 Å². The molecule has 0 N–H and O–H groups in total. The molecule has 33 heavy (non-hydrogen) atoms. The summed E-state index contributed by atoms with van der Waals surface area (Å²) < 4.78 is 1.83. The quantitative estimate of drug-likeness (QED) is 0.405. The zero-order valence-corrected chi connectivity index (χ0v) is 19.1. The Morgan fingerprint density at radius 3 is 2.55 bits per heavy atom. The Hall–Kier alpha value is -3.85. The van der Waals surface area contributed by atoms with E-state index in [1.807, 2.05) is 71.4 Å². The van der Waals surface area contributed by atoms with Gasteiger partial charge in [0.25, 0.3) is 5.91 Å². The molecule has 164 valence electrons. The highest BCUT2D eigenvalue weighted by atomic mass is 32.1. The lowest BCUT2D eigenvalue weighted by molar-refractivity contribution is 0.0987. The Morgan fingerprint density at radius 1 is 1.03 bits per heavy atom. The van der Waals surface area contributed by atoms with E-state index in [0.717, 1.165) is 27.0 Å². The third kappa shape index (κ3) is 3.15. The maximum absolute atomic E-state index is 14.0. The number of para-hydroxylation sites is 2. The molecule has 6 rings (SSSR count). The number of hydrogen-bond donors (Lipinski definition) is 0. The number of thiophene rings is 1. The maximum Gasteiger partial charge on any atom is 0.260 e. The summed E-state index contributed by atoms with van der Waals surface area (Å²) in [6, 6.07) is 13.6. The van der Waals surface area contributed by atoms with Crippen LogP contribution in [0.1, 0.15) is 17.3 Å². The average molecular weight is 456 g/mol. The number of benzene rings is 1. The van der Waals surface area contributed by atoms with Crippen LogP contribution in [-0.2, 0) is 6.54 Å². The number of aryl methyl sites for hydroxylation is 1. The fourth-order valence-corrected chi connectivity index (χ4v) is 4.92. The number of fused-ring (bicyclic) bond motifs is 3. The summed E-state index contributed by atoms with van der Waals surface area (Å²) in [5.41, 5.74) is 3.64. The molecular formula is C24H21N7OS. The molecule has 0 spiro atoms. The number of carbonyl (C=O) groups excluding carboxylic acids is 1. The van der Waals surface area contributed by atoms with Gasteiger partial charge in [0.05, 0.1) is 38.8 Å². The molecule has 0 aliphatic carbocycles. The van der Waals surface area contributed by atoms with Crippen LogP contribution in [0.2, 0.25) is 0 Å². The first-order valence-corrected chi connectivity index (χ1v) is 11.7. The number of rotatable bonds is 3. The summed E-state index contributed by atoms with van der Waals surface area (Å²) in [4.78, 5) is 33.3. The second-order valence-electron chi connectivity index (χ2n) is 7.97. The van der Waals surface area contributed by atoms with Gasteiger partial charge in [0.15, 0.2) is 17.3 Å². The van der Waals surface area contributed by atoms with Crippen LogP contribution < -0.4 is 9.80 Å². The molecule has 5 heterocycles. The number of carbonyl (C=O) groups is 1. The standard InChI is InChI=1S/C24H21N7OS/c1-3-31-21-16(14-25-31)15(13-19(28-21)20-9-6-12-33-20)24(32)30-11-10-29(2)22-23(30)27-18-8-5-4-7-17(18)26-22/h4-9,12-14H,3,10-11H2,1-2H3. The van der Waals surface area contributed by atoms with E-state index in [4.69, 9.17) is 15.0 Å². The van der Waals surface area contributed by atoms with Gasteiger partial charge in [0.2, 0.25) is 0 Å². The first kappa shape index (κ1) is 19.8. The van der Waals surface area contributed by atoms with Crippen molar-refractivity contribution in [2.24, 2.45) is 0 Å². The van der Waals surface area contributed by atoms with Gasteiger partial charge in [-0.05, 0) is 36.6 Å². The molecule has 0 bridgehead atoms. The molecule has 0 unspecified atom stereocenters. The van der Waals surface area contributed by atoms with Gasteiger partial charge in [-0.25, -0.2) is 19.6 Å². The molecule has 5 aromatic rings. The van der Waals surface area contributed by atoms with E-state index in [0.29, 0.717) is 42.5 Å². The van der Waals surface area contributed by atoms with Crippen molar-refractivity contribution >= 4 is 50.9 Å². The molecule has 1 aliphatic heterocycles. The van der Waals surface area contributed by atoms with Crippen LogP contribution in [0.25, 0.3) is 32.6 Å². The summed E-state index contributed by atoms with van der Waals surface area (Å²) in [7, 11) is 1.98. The molecule has 4 aromatic heterocycles. The molecule has 1 aromatic carbocycles. The van der Waals surface area contributed by atoms with E-state index >= 15 is 0 Å². The van der Waals surface area contributed by atoms with E-state index in [1.54, 1.807) is 22.4 Å². The minimum absolute atomic E-state index is 0.116. The number of amides is 1. The fraction of sp³-hybridized carbons (Fsp3) is 0.208. The number of pyridine rings is 1. The predicted octanol–water partition coefficient (Wildman–Crippen LogP) is 4.22. The van der Waals surface area contributed by atoms with E-state index < -0.39 is 0 Å². The van der Waals surface area contributed by atoms with Gasteiger partial charge in [-0.2, -0.15) is 5.10 Å². The highest BCUT2D eigenvalue weighted by Crippen LogP contribution is 2.34. The van der Waals surface area contributed by atoms with E-state index in [1.165, 1.54) is 0 Å². The van der Waals surface area contributed by atoms with Crippen molar-refractivity contribution in [1.29, 1.82) is 0 Å². The van der Waals surface area contributed by atoms with Crippen LogP contribution in [0, 0.1) is 0 Å². The Balaban J connectivity index is 1.53. The van der Waals surface area contributed by atoms with Crippen LogP contribution in [-0.4, -0.2) is 50.8 Å². The van der Waals surface area contributed by atoms with E-state index in [2.05, 4.69) is 5.10 Å². The summed E-state index contributed by atoms with van der Waals surface area (Å²) >= 11 is 1.60. The zero-order valence-electron chi connectivity index (χ0n) is 18.3.